The Bertz CT molecular complexity index is 373. The highest BCUT2D eigenvalue weighted by molar-refractivity contribution is 5.67. The van der Waals surface area contributed by atoms with Crippen LogP contribution in [0.3, 0.4) is 0 Å². The predicted molar refractivity (Wildman–Crippen MR) is 64.8 cm³/mol. The minimum atomic E-state index is -0.982. The number of hydrogen-bond donors (Lipinski definition) is 2. The predicted octanol–water partition coefficient (Wildman–Crippen LogP) is 0.778. The first kappa shape index (κ1) is 14.2. The van der Waals surface area contributed by atoms with Crippen LogP contribution in [0.5, 0.6) is 5.88 Å². The van der Waals surface area contributed by atoms with E-state index >= 15 is 0 Å². The third-order valence-electron chi connectivity index (χ3n) is 1.84. The summed E-state index contributed by atoms with van der Waals surface area (Å²) in [7, 11) is 0. The molecule has 7 heteroatoms. The Kier molecular flexibility index (Phi) is 6.49. The van der Waals surface area contributed by atoms with E-state index in [-0.39, 0.29) is 13.2 Å². The summed E-state index contributed by atoms with van der Waals surface area (Å²) in [6.45, 7) is 3.05. The zero-order valence-corrected chi connectivity index (χ0v) is 10.3. The van der Waals surface area contributed by atoms with Crippen molar-refractivity contribution < 1.29 is 19.4 Å². The molecule has 0 aliphatic heterocycles. The highest BCUT2D eigenvalue weighted by Crippen LogP contribution is 2.08. The average molecular weight is 255 g/mol. The molecule has 0 saturated carbocycles. The maximum absolute atomic E-state index is 10.2. The molecule has 0 spiro atoms. The van der Waals surface area contributed by atoms with Gasteiger partial charge in [-0.05, 0) is 6.42 Å². The van der Waals surface area contributed by atoms with Crippen molar-refractivity contribution in [2.24, 2.45) is 0 Å². The first-order valence-electron chi connectivity index (χ1n) is 5.70. The lowest BCUT2D eigenvalue weighted by atomic mass is 10.5. The molecule has 0 aliphatic rings. The van der Waals surface area contributed by atoms with E-state index in [2.05, 4.69) is 15.3 Å². The van der Waals surface area contributed by atoms with E-state index < -0.39 is 5.97 Å². The molecular weight excluding hydrogens is 238 g/mol. The summed E-state index contributed by atoms with van der Waals surface area (Å²) in [6.07, 6.45) is 4.01. The molecule has 0 saturated heterocycles. The molecule has 0 fully saturated rings. The Labute approximate surface area is 105 Å². The van der Waals surface area contributed by atoms with Crippen LogP contribution in [0.15, 0.2) is 12.4 Å². The van der Waals surface area contributed by atoms with Crippen molar-refractivity contribution in [2.75, 3.05) is 31.7 Å². The lowest BCUT2D eigenvalue weighted by Gasteiger charge is -2.07. The number of aromatic nitrogens is 2. The van der Waals surface area contributed by atoms with Crippen LogP contribution in [-0.2, 0) is 9.53 Å². The van der Waals surface area contributed by atoms with Crippen LogP contribution < -0.4 is 10.1 Å². The van der Waals surface area contributed by atoms with Crippen molar-refractivity contribution in [1.82, 2.24) is 9.97 Å². The second kappa shape index (κ2) is 8.24. The van der Waals surface area contributed by atoms with Gasteiger partial charge in [-0.15, -0.1) is 0 Å². The van der Waals surface area contributed by atoms with Crippen LogP contribution in [-0.4, -0.2) is 47.4 Å². The van der Waals surface area contributed by atoms with E-state index in [1.54, 1.807) is 12.4 Å². The number of rotatable bonds is 9. The van der Waals surface area contributed by atoms with Crippen molar-refractivity contribution in [3.05, 3.63) is 12.4 Å². The van der Waals surface area contributed by atoms with E-state index in [1.807, 2.05) is 6.92 Å². The van der Waals surface area contributed by atoms with Crippen LogP contribution in [0.1, 0.15) is 13.3 Å². The molecule has 2 N–H and O–H groups in total. The van der Waals surface area contributed by atoms with E-state index in [4.69, 9.17) is 14.6 Å². The molecule has 0 atom stereocenters. The van der Waals surface area contributed by atoms with Crippen LogP contribution >= 0.6 is 0 Å². The number of carbonyl (C=O) groups is 1. The molecule has 0 unspecified atom stereocenters. The van der Waals surface area contributed by atoms with Gasteiger partial charge >= 0.3 is 5.97 Å². The number of carboxylic acid groups (broad SMARTS) is 1. The molecule has 1 heterocycles. The first-order valence-corrected chi connectivity index (χ1v) is 5.70. The Morgan fingerprint density at radius 3 is 3.00 bits per heavy atom. The Balaban J connectivity index is 2.26. The topological polar surface area (TPSA) is 93.6 Å². The Morgan fingerprint density at radius 1 is 1.44 bits per heavy atom. The number of anilines is 1. The average Bonchev–Trinajstić information content (AvgIpc) is 2.36. The van der Waals surface area contributed by atoms with Crippen LogP contribution in [0.25, 0.3) is 0 Å². The Hall–Kier alpha value is -1.89. The molecule has 100 valence electrons. The van der Waals surface area contributed by atoms with Crippen molar-refractivity contribution in [3.63, 3.8) is 0 Å². The molecule has 0 amide bonds. The normalized spacial score (nSPS) is 10.1. The number of ether oxygens (including phenoxy) is 2. The van der Waals surface area contributed by atoms with Gasteiger partial charge in [0.1, 0.15) is 12.4 Å². The van der Waals surface area contributed by atoms with Crippen LogP contribution in [0.4, 0.5) is 5.82 Å². The summed E-state index contributed by atoms with van der Waals surface area (Å²) in [4.78, 5) is 18.3. The van der Waals surface area contributed by atoms with Gasteiger partial charge in [-0.3, -0.25) is 4.98 Å². The van der Waals surface area contributed by atoms with Crippen LogP contribution in [0, 0.1) is 0 Å². The van der Waals surface area contributed by atoms with Gasteiger partial charge in [0.2, 0.25) is 5.88 Å². The smallest absolute Gasteiger partial charge is 0.329 e. The molecule has 1 aromatic rings. The van der Waals surface area contributed by atoms with Crippen LogP contribution in [0.2, 0.25) is 0 Å². The van der Waals surface area contributed by atoms with Gasteiger partial charge in [0.05, 0.1) is 25.6 Å². The summed E-state index contributed by atoms with van der Waals surface area (Å²) >= 11 is 0. The number of hydrogen-bond acceptors (Lipinski definition) is 6. The molecular formula is C11H17N3O4. The second-order valence-electron chi connectivity index (χ2n) is 3.46. The quantitative estimate of drug-likeness (QED) is 0.630. The second-order valence-corrected chi connectivity index (χ2v) is 3.46. The standard InChI is InChI=1S/C11H17N3O4/c1-2-4-18-10-7-12-6-9(14-10)13-3-5-17-8-11(15)16/h6-7H,2-5,8H2,1H3,(H,13,14)(H,15,16). The Morgan fingerprint density at radius 2 is 2.28 bits per heavy atom. The molecule has 0 bridgehead atoms. The number of carboxylic acids is 1. The molecule has 7 nitrogen and oxygen atoms in total. The van der Waals surface area contributed by atoms with Crippen molar-refractivity contribution in [3.8, 4) is 5.88 Å². The summed E-state index contributed by atoms with van der Waals surface area (Å²) in [5.41, 5.74) is 0. The minimum absolute atomic E-state index is 0.286. The van der Waals surface area contributed by atoms with E-state index in [0.29, 0.717) is 24.8 Å². The molecule has 18 heavy (non-hydrogen) atoms. The van der Waals surface area contributed by atoms with Gasteiger partial charge in [0, 0.05) is 6.54 Å². The lowest BCUT2D eigenvalue weighted by Crippen LogP contribution is -2.14. The van der Waals surface area contributed by atoms with Gasteiger partial charge in [0.25, 0.3) is 0 Å². The number of nitrogens with one attached hydrogen (secondary N) is 1. The largest absolute Gasteiger partial charge is 0.480 e. The number of nitrogens with zero attached hydrogens (tertiary/aromatic N) is 2. The summed E-state index contributed by atoms with van der Waals surface area (Å²) < 4.78 is 10.2. The fourth-order valence-electron chi connectivity index (χ4n) is 1.12. The SMILES string of the molecule is CCCOc1cncc(NCCOCC(=O)O)n1. The van der Waals surface area contributed by atoms with Gasteiger partial charge in [-0.25, -0.2) is 4.79 Å². The third-order valence-corrected chi connectivity index (χ3v) is 1.84. The van der Waals surface area contributed by atoms with Gasteiger partial charge < -0.3 is 19.9 Å². The summed E-state index contributed by atoms with van der Waals surface area (Å²) in [5, 5.41) is 11.3. The van der Waals surface area contributed by atoms with Gasteiger partial charge in [-0.2, -0.15) is 4.98 Å². The van der Waals surface area contributed by atoms with Crippen molar-refractivity contribution in [1.29, 1.82) is 0 Å². The fraction of sp³-hybridized carbons (Fsp3) is 0.545. The fourth-order valence-corrected chi connectivity index (χ4v) is 1.12. The maximum Gasteiger partial charge on any atom is 0.329 e. The van der Waals surface area contributed by atoms with E-state index in [9.17, 15) is 4.79 Å². The molecule has 0 aromatic carbocycles. The molecule has 0 radical (unpaired) electrons. The van der Waals surface area contributed by atoms with Gasteiger partial charge in [-0.1, -0.05) is 6.92 Å². The molecule has 1 aromatic heterocycles. The van der Waals surface area contributed by atoms with Gasteiger partial charge in [0.15, 0.2) is 0 Å². The summed E-state index contributed by atoms with van der Waals surface area (Å²) in [5.74, 6) is 0.0561. The zero-order valence-electron chi connectivity index (χ0n) is 10.3. The maximum atomic E-state index is 10.2. The highest BCUT2D eigenvalue weighted by atomic mass is 16.5. The lowest BCUT2D eigenvalue weighted by molar-refractivity contribution is -0.142. The third kappa shape index (κ3) is 6.00. The number of aliphatic carboxylic acids is 1. The van der Waals surface area contributed by atoms with Crippen molar-refractivity contribution in [2.45, 2.75) is 13.3 Å². The minimum Gasteiger partial charge on any atom is -0.480 e. The highest BCUT2D eigenvalue weighted by Gasteiger charge is 2.00. The van der Waals surface area contributed by atoms with E-state index in [1.165, 1.54) is 0 Å². The van der Waals surface area contributed by atoms with E-state index in [0.717, 1.165) is 6.42 Å². The molecule has 1 rings (SSSR count). The summed E-state index contributed by atoms with van der Waals surface area (Å²) in [6, 6.07) is 0. The monoisotopic (exact) mass is 255 g/mol. The van der Waals surface area contributed by atoms with Crippen molar-refractivity contribution >= 4 is 11.8 Å². The zero-order chi connectivity index (χ0) is 13.2. The molecule has 0 aliphatic carbocycles. The first-order chi connectivity index (χ1) is 8.72.